The van der Waals surface area contributed by atoms with Crippen LogP contribution >= 0.6 is 0 Å². The molecular weight excluding hydrogens is 293 g/mol. The van der Waals surface area contributed by atoms with Crippen molar-refractivity contribution in [3.05, 3.63) is 75.6 Å². The van der Waals surface area contributed by atoms with Crippen LogP contribution in [0.4, 0.5) is 10.1 Å². The van der Waals surface area contributed by atoms with Crippen molar-refractivity contribution in [1.82, 2.24) is 0 Å². The van der Waals surface area contributed by atoms with Gasteiger partial charge in [-0.1, -0.05) is 30.3 Å². The molecule has 118 valence electrons. The molecule has 0 spiro atoms. The molecule has 0 amide bonds. The molecule has 23 heavy (non-hydrogen) atoms. The maximum absolute atomic E-state index is 14.6. The van der Waals surface area contributed by atoms with Crippen molar-refractivity contribution in [1.29, 1.82) is 0 Å². The Kier molecular flexibility index (Phi) is 3.22. The van der Waals surface area contributed by atoms with Crippen LogP contribution in [0.15, 0.2) is 48.5 Å². The molecule has 0 saturated heterocycles. The number of non-ortho nitro benzene ring substituents is 1. The molecule has 2 aliphatic carbocycles. The molecule has 2 bridgehead atoms. The van der Waals surface area contributed by atoms with Crippen LogP contribution < -0.4 is 0 Å². The van der Waals surface area contributed by atoms with E-state index >= 15 is 0 Å². The molecule has 2 fully saturated rings. The second-order valence-electron chi connectivity index (χ2n) is 6.70. The van der Waals surface area contributed by atoms with Crippen molar-refractivity contribution < 1.29 is 9.31 Å². The van der Waals surface area contributed by atoms with Gasteiger partial charge in [0.25, 0.3) is 5.69 Å². The topological polar surface area (TPSA) is 43.1 Å². The van der Waals surface area contributed by atoms with Crippen molar-refractivity contribution in [2.24, 2.45) is 11.8 Å². The quantitative estimate of drug-likeness (QED) is 0.601. The lowest BCUT2D eigenvalue weighted by Gasteiger charge is -2.36. The fourth-order valence-electron chi connectivity index (χ4n) is 5.06. The fourth-order valence-corrected chi connectivity index (χ4v) is 5.06. The highest BCUT2D eigenvalue weighted by Crippen LogP contribution is 2.62. The minimum Gasteiger partial charge on any atom is -0.258 e. The maximum atomic E-state index is 14.6. The van der Waals surface area contributed by atoms with Crippen LogP contribution in [0.5, 0.6) is 0 Å². The van der Waals surface area contributed by atoms with Crippen molar-refractivity contribution >= 4 is 5.69 Å². The standard InChI is InChI=1S/C19H18FNO2/c20-18-4-2-1-3-17(18)19(13-5-6-14(19)8-7-13)15-9-11-16(12-10-15)21(22)23/h1-4,9-14H,5-8H2. The summed E-state index contributed by atoms with van der Waals surface area (Å²) in [4.78, 5) is 10.5. The summed E-state index contributed by atoms with van der Waals surface area (Å²) in [6.45, 7) is 0. The Morgan fingerprint density at radius 1 is 0.957 bits per heavy atom. The number of nitrogens with zero attached hydrogens (tertiary/aromatic N) is 1. The van der Waals surface area contributed by atoms with Gasteiger partial charge in [0.1, 0.15) is 5.82 Å². The Morgan fingerprint density at radius 2 is 1.52 bits per heavy atom. The summed E-state index contributed by atoms with van der Waals surface area (Å²) in [5.74, 6) is 0.682. The van der Waals surface area contributed by atoms with Crippen molar-refractivity contribution in [2.75, 3.05) is 0 Å². The lowest BCUT2D eigenvalue weighted by molar-refractivity contribution is -0.384. The van der Waals surface area contributed by atoms with Gasteiger partial charge in [-0.15, -0.1) is 0 Å². The highest BCUT2D eigenvalue weighted by atomic mass is 19.1. The second kappa shape index (κ2) is 5.15. The Hall–Kier alpha value is -2.23. The van der Waals surface area contributed by atoms with Crippen LogP contribution in [0.1, 0.15) is 36.8 Å². The molecule has 0 radical (unpaired) electrons. The molecule has 0 unspecified atom stereocenters. The van der Waals surface area contributed by atoms with Crippen LogP contribution in [0, 0.1) is 27.8 Å². The van der Waals surface area contributed by atoms with E-state index in [1.165, 1.54) is 6.07 Å². The van der Waals surface area contributed by atoms with Crippen LogP contribution in [0.3, 0.4) is 0 Å². The Labute approximate surface area is 134 Å². The third-order valence-corrected chi connectivity index (χ3v) is 5.89. The number of nitro benzene ring substituents is 1. The van der Waals surface area contributed by atoms with Gasteiger partial charge in [-0.25, -0.2) is 4.39 Å². The molecule has 2 aromatic carbocycles. The monoisotopic (exact) mass is 311 g/mol. The van der Waals surface area contributed by atoms with Crippen molar-refractivity contribution in [3.8, 4) is 0 Å². The zero-order chi connectivity index (χ0) is 16.0. The summed E-state index contributed by atoms with van der Waals surface area (Å²) < 4.78 is 14.6. The molecule has 0 aromatic heterocycles. The average molecular weight is 311 g/mol. The Bertz CT molecular complexity index is 736. The first-order valence-corrected chi connectivity index (χ1v) is 8.14. The van der Waals surface area contributed by atoms with E-state index in [0.717, 1.165) is 36.8 Å². The minimum atomic E-state index is -0.386. The summed E-state index contributed by atoms with van der Waals surface area (Å²) >= 11 is 0. The molecule has 3 nitrogen and oxygen atoms in total. The number of hydrogen-bond acceptors (Lipinski definition) is 2. The van der Waals surface area contributed by atoms with Gasteiger partial charge in [-0.05, 0) is 54.7 Å². The lowest BCUT2D eigenvalue weighted by atomic mass is 9.66. The normalized spacial score (nSPS) is 28.9. The largest absolute Gasteiger partial charge is 0.269 e. The molecule has 0 aliphatic heterocycles. The Balaban J connectivity index is 1.91. The van der Waals surface area contributed by atoms with E-state index in [1.807, 2.05) is 24.3 Å². The molecule has 2 aliphatic rings. The first-order chi connectivity index (χ1) is 11.1. The van der Waals surface area contributed by atoms with Gasteiger partial charge >= 0.3 is 0 Å². The SMILES string of the molecule is O=[N+]([O-])c1ccc(C2(c3ccccc3F)C3CCC2CC3)cc1. The first kappa shape index (κ1) is 14.4. The average Bonchev–Trinajstić information content (AvgIpc) is 3.11. The predicted molar refractivity (Wildman–Crippen MR) is 85.7 cm³/mol. The molecule has 0 N–H and O–H groups in total. The van der Waals surface area contributed by atoms with E-state index in [-0.39, 0.29) is 21.8 Å². The first-order valence-electron chi connectivity index (χ1n) is 8.14. The Morgan fingerprint density at radius 3 is 2.04 bits per heavy atom. The fraction of sp³-hybridized carbons (Fsp3) is 0.368. The third kappa shape index (κ3) is 1.94. The highest BCUT2D eigenvalue weighted by Gasteiger charge is 2.57. The van der Waals surface area contributed by atoms with Gasteiger partial charge in [0.15, 0.2) is 0 Å². The van der Waals surface area contributed by atoms with Crippen LogP contribution in [-0.2, 0) is 5.41 Å². The van der Waals surface area contributed by atoms with Gasteiger partial charge in [0.05, 0.1) is 4.92 Å². The van der Waals surface area contributed by atoms with Gasteiger partial charge in [-0.3, -0.25) is 10.1 Å². The number of benzene rings is 2. The summed E-state index contributed by atoms with van der Waals surface area (Å²) in [5.41, 5.74) is 1.56. The maximum Gasteiger partial charge on any atom is 0.269 e. The molecule has 0 atom stereocenters. The van der Waals surface area contributed by atoms with E-state index in [9.17, 15) is 14.5 Å². The van der Waals surface area contributed by atoms with E-state index in [2.05, 4.69) is 0 Å². The number of halogens is 1. The van der Waals surface area contributed by atoms with E-state index < -0.39 is 0 Å². The van der Waals surface area contributed by atoms with Gasteiger partial charge in [-0.2, -0.15) is 0 Å². The number of nitro groups is 1. The number of rotatable bonds is 3. The van der Waals surface area contributed by atoms with E-state index in [4.69, 9.17) is 0 Å². The lowest BCUT2D eigenvalue weighted by Crippen LogP contribution is -2.34. The molecule has 2 aromatic rings. The van der Waals surface area contributed by atoms with Crippen LogP contribution in [0.2, 0.25) is 0 Å². The molecule has 4 heteroatoms. The van der Waals surface area contributed by atoms with Crippen molar-refractivity contribution in [2.45, 2.75) is 31.1 Å². The summed E-state index contributed by atoms with van der Waals surface area (Å²) in [7, 11) is 0. The zero-order valence-corrected chi connectivity index (χ0v) is 12.7. The zero-order valence-electron chi connectivity index (χ0n) is 12.7. The summed E-state index contributed by atoms with van der Waals surface area (Å²) in [5, 5.41) is 10.9. The highest BCUT2D eigenvalue weighted by molar-refractivity contribution is 5.47. The van der Waals surface area contributed by atoms with Gasteiger partial charge < -0.3 is 0 Å². The van der Waals surface area contributed by atoms with Crippen LogP contribution in [-0.4, -0.2) is 4.92 Å². The summed E-state index contributed by atoms with van der Waals surface area (Å²) in [6.07, 6.45) is 4.43. The number of fused-ring (bicyclic) bond motifs is 2. The summed E-state index contributed by atoms with van der Waals surface area (Å²) in [6, 6.07) is 13.8. The molecule has 4 rings (SSSR count). The van der Waals surface area contributed by atoms with Gasteiger partial charge in [0.2, 0.25) is 0 Å². The smallest absolute Gasteiger partial charge is 0.258 e. The minimum absolute atomic E-state index is 0.0859. The van der Waals surface area contributed by atoms with E-state index in [1.54, 1.807) is 18.2 Å². The second-order valence-corrected chi connectivity index (χ2v) is 6.70. The molecule has 2 saturated carbocycles. The van der Waals surface area contributed by atoms with E-state index in [0.29, 0.717) is 11.8 Å². The molecular formula is C19H18FNO2. The third-order valence-electron chi connectivity index (χ3n) is 5.89. The van der Waals surface area contributed by atoms with Crippen molar-refractivity contribution in [3.63, 3.8) is 0 Å². The van der Waals surface area contributed by atoms with Gasteiger partial charge in [0, 0.05) is 17.5 Å². The number of hydrogen-bond donors (Lipinski definition) is 0. The molecule has 0 heterocycles. The predicted octanol–water partition coefficient (Wildman–Crippen LogP) is 4.84. The van der Waals surface area contributed by atoms with Crippen LogP contribution in [0.25, 0.3) is 0 Å².